The molecule has 0 amide bonds. The first-order valence-corrected chi connectivity index (χ1v) is 7.77. The summed E-state index contributed by atoms with van der Waals surface area (Å²) in [5.41, 5.74) is 2.63. The monoisotopic (exact) mass is 340 g/mol. The quantitative estimate of drug-likeness (QED) is 0.732. The summed E-state index contributed by atoms with van der Waals surface area (Å²) in [4.78, 5) is 0. The Bertz CT molecular complexity index is 895. The van der Waals surface area contributed by atoms with E-state index in [1.54, 1.807) is 26.4 Å². The standard InChI is InChI=1S/C20H20O5/c1-12-9-18(13-5-8-17(23-3)19(11-13)24-4)25-20(12)14-6-7-16(22-2)15(21)10-14/h5-11,21H,1-4H3. The highest BCUT2D eigenvalue weighted by Crippen LogP contribution is 2.38. The van der Waals surface area contributed by atoms with Gasteiger partial charge in [-0.15, -0.1) is 0 Å². The van der Waals surface area contributed by atoms with E-state index in [4.69, 9.17) is 18.6 Å². The highest BCUT2D eigenvalue weighted by molar-refractivity contribution is 5.71. The molecule has 0 spiro atoms. The van der Waals surface area contributed by atoms with E-state index in [-0.39, 0.29) is 5.75 Å². The van der Waals surface area contributed by atoms with E-state index in [0.717, 1.165) is 16.7 Å². The minimum absolute atomic E-state index is 0.0727. The van der Waals surface area contributed by atoms with Gasteiger partial charge in [-0.2, -0.15) is 0 Å². The minimum atomic E-state index is 0.0727. The highest BCUT2D eigenvalue weighted by Gasteiger charge is 2.15. The van der Waals surface area contributed by atoms with Crippen LogP contribution in [0.15, 0.2) is 46.9 Å². The molecule has 0 fully saturated rings. The zero-order valence-corrected chi connectivity index (χ0v) is 14.6. The highest BCUT2D eigenvalue weighted by atomic mass is 16.5. The van der Waals surface area contributed by atoms with E-state index in [0.29, 0.717) is 28.8 Å². The molecule has 5 nitrogen and oxygen atoms in total. The Labute approximate surface area is 146 Å². The lowest BCUT2D eigenvalue weighted by molar-refractivity contribution is 0.355. The van der Waals surface area contributed by atoms with Crippen LogP contribution >= 0.6 is 0 Å². The molecule has 0 saturated heterocycles. The van der Waals surface area contributed by atoms with Gasteiger partial charge in [0.25, 0.3) is 0 Å². The molecule has 25 heavy (non-hydrogen) atoms. The molecule has 5 heteroatoms. The normalized spacial score (nSPS) is 10.6. The minimum Gasteiger partial charge on any atom is -0.504 e. The van der Waals surface area contributed by atoms with Gasteiger partial charge in [0, 0.05) is 11.1 Å². The largest absolute Gasteiger partial charge is 0.504 e. The molecule has 130 valence electrons. The second-order valence-corrected chi connectivity index (χ2v) is 5.58. The van der Waals surface area contributed by atoms with Crippen LogP contribution in [0, 0.1) is 6.92 Å². The van der Waals surface area contributed by atoms with Gasteiger partial charge in [-0.05, 0) is 55.0 Å². The van der Waals surface area contributed by atoms with Crippen LogP contribution in [0.2, 0.25) is 0 Å². The predicted molar refractivity (Wildman–Crippen MR) is 95.6 cm³/mol. The molecule has 3 rings (SSSR count). The van der Waals surface area contributed by atoms with Crippen LogP contribution in [0.4, 0.5) is 0 Å². The summed E-state index contributed by atoms with van der Waals surface area (Å²) < 4.78 is 21.7. The lowest BCUT2D eigenvalue weighted by atomic mass is 10.1. The maximum Gasteiger partial charge on any atom is 0.161 e. The first kappa shape index (κ1) is 16.8. The van der Waals surface area contributed by atoms with Crippen molar-refractivity contribution in [2.45, 2.75) is 6.92 Å². The molecule has 0 aliphatic carbocycles. The van der Waals surface area contributed by atoms with Gasteiger partial charge >= 0.3 is 0 Å². The van der Waals surface area contributed by atoms with Crippen LogP contribution in [-0.4, -0.2) is 26.4 Å². The summed E-state index contributed by atoms with van der Waals surface area (Å²) in [6.07, 6.45) is 0. The Kier molecular flexibility index (Phi) is 4.57. The van der Waals surface area contributed by atoms with Crippen molar-refractivity contribution in [3.8, 4) is 45.6 Å². The maximum atomic E-state index is 10.00. The van der Waals surface area contributed by atoms with E-state index < -0.39 is 0 Å². The summed E-state index contributed by atoms with van der Waals surface area (Å²) in [5.74, 6) is 3.20. The van der Waals surface area contributed by atoms with E-state index in [1.165, 1.54) is 7.11 Å². The van der Waals surface area contributed by atoms with Gasteiger partial charge in [-0.1, -0.05) is 0 Å². The number of hydrogen-bond donors (Lipinski definition) is 1. The van der Waals surface area contributed by atoms with Crippen molar-refractivity contribution >= 4 is 0 Å². The third kappa shape index (κ3) is 3.13. The summed E-state index contributed by atoms with van der Waals surface area (Å²) in [6, 6.07) is 12.8. The average molecular weight is 340 g/mol. The first-order chi connectivity index (χ1) is 12.1. The van der Waals surface area contributed by atoms with E-state index in [2.05, 4.69) is 0 Å². The smallest absolute Gasteiger partial charge is 0.161 e. The van der Waals surface area contributed by atoms with Crippen LogP contribution in [0.1, 0.15) is 5.56 Å². The lowest BCUT2D eigenvalue weighted by Crippen LogP contribution is -1.90. The molecule has 0 radical (unpaired) electrons. The van der Waals surface area contributed by atoms with Crippen molar-refractivity contribution in [2.75, 3.05) is 21.3 Å². The zero-order chi connectivity index (χ0) is 18.0. The molecule has 0 bridgehead atoms. The predicted octanol–water partition coefficient (Wildman–Crippen LogP) is 4.65. The fourth-order valence-electron chi connectivity index (χ4n) is 2.73. The zero-order valence-electron chi connectivity index (χ0n) is 14.6. The fraction of sp³-hybridized carbons (Fsp3) is 0.200. The first-order valence-electron chi connectivity index (χ1n) is 7.77. The third-order valence-electron chi connectivity index (χ3n) is 4.03. The molecular formula is C20H20O5. The SMILES string of the molecule is COc1ccc(-c2oc(-c3ccc(OC)c(OC)c3)cc2C)cc1O. The molecule has 0 aliphatic rings. The molecular weight excluding hydrogens is 320 g/mol. The summed E-state index contributed by atoms with van der Waals surface area (Å²) in [6.45, 7) is 1.96. The molecule has 3 aromatic rings. The van der Waals surface area contributed by atoms with Crippen molar-refractivity contribution in [2.24, 2.45) is 0 Å². The van der Waals surface area contributed by atoms with Crippen molar-refractivity contribution in [1.29, 1.82) is 0 Å². The number of furan rings is 1. The number of phenolic OH excluding ortho intramolecular Hbond substituents is 1. The second-order valence-electron chi connectivity index (χ2n) is 5.58. The van der Waals surface area contributed by atoms with Crippen LogP contribution in [0.25, 0.3) is 22.6 Å². The Morgan fingerprint density at radius 2 is 1.40 bits per heavy atom. The van der Waals surface area contributed by atoms with E-state index >= 15 is 0 Å². The summed E-state index contributed by atoms with van der Waals surface area (Å²) in [7, 11) is 4.71. The summed E-state index contributed by atoms with van der Waals surface area (Å²) in [5, 5.41) is 10.00. The van der Waals surface area contributed by atoms with Crippen LogP contribution in [0.3, 0.4) is 0 Å². The number of phenols is 1. The molecule has 0 unspecified atom stereocenters. The maximum absolute atomic E-state index is 10.00. The summed E-state index contributed by atoms with van der Waals surface area (Å²) >= 11 is 0. The third-order valence-corrected chi connectivity index (χ3v) is 4.03. The van der Waals surface area contributed by atoms with Crippen molar-refractivity contribution < 1.29 is 23.7 Å². The van der Waals surface area contributed by atoms with Gasteiger partial charge in [-0.3, -0.25) is 0 Å². The number of ether oxygens (including phenoxy) is 3. The topological polar surface area (TPSA) is 61.1 Å². The second kappa shape index (κ2) is 6.81. The number of hydrogen-bond acceptors (Lipinski definition) is 5. The molecule has 1 N–H and O–H groups in total. The van der Waals surface area contributed by atoms with Crippen LogP contribution < -0.4 is 14.2 Å². The molecule has 1 aromatic heterocycles. The molecule has 2 aromatic carbocycles. The number of methoxy groups -OCH3 is 3. The van der Waals surface area contributed by atoms with Crippen molar-refractivity contribution in [1.82, 2.24) is 0 Å². The number of rotatable bonds is 5. The Morgan fingerprint density at radius 3 is 2.04 bits per heavy atom. The molecule has 0 atom stereocenters. The molecule has 0 aliphatic heterocycles. The van der Waals surface area contributed by atoms with Gasteiger partial charge in [-0.25, -0.2) is 0 Å². The van der Waals surface area contributed by atoms with Gasteiger partial charge in [0.2, 0.25) is 0 Å². The Morgan fingerprint density at radius 1 is 0.760 bits per heavy atom. The molecule has 1 heterocycles. The Hall–Kier alpha value is -3.08. The van der Waals surface area contributed by atoms with E-state index in [9.17, 15) is 5.11 Å². The van der Waals surface area contributed by atoms with Crippen molar-refractivity contribution in [3.05, 3.63) is 48.0 Å². The van der Waals surface area contributed by atoms with Gasteiger partial charge in [0.15, 0.2) is 23.0 Å². The van der Waals surface area contributed by atoms with Gasteiger partial charge in [0.05, 0.1) is 21.3 Å². The van der Waals surface area contributed by atoms with Crippen LogP contribution in [0.5, 0.6) is 23.0 Å². The number of aromatic hydroxyl groups is 1. The van der Waals surface area contributed by atoms with Crippen LogP contribution in [-0.2, 0) is 0 Å². The lowest BCUT2D eigenvalue weighted by Gasteiger charge is -2.08. The number of benzene rings is 2. The van der Waals surface area contributed by atoms with Crippen molar-refractivity contribution in [3.63, 3.8) is 0 Å². The van der Waals surface area contributed by atoms with E-state index in [1.807, 2.05) is 37.3 Å². The van der Waals surface area contributed by atoms with Gasteiger partial charge < -0.3 is 23.7 Å². The van der Waals surface area contributed by atoms with Gasteiger partial charge in [0.1, 0.15) is 11.5 Å². The fourth-order valence-corrected chi connectivity index (χ4v) is 2.73. The molecule has 0 saturated carbocycles. The number of aryl methyl sites for hydroxylation is 1. The average Bonchev–Trinajstić information content (AvgIpc) is 3.02. The Balaban J connectivity index is 2.02.